The number of nitriles is 1. The van der Waals surface area contributed by atoms with Gasteiger partial charge in [0, 0.05) is 13.6 Å². The molecule has 0 saturated heterocycles. The zero-order chi connectivity index (χ0) is 13.5. The molecule has 1 aromatic carbocycles. The average molecular weight is 246 g/mol. The number of nitrogens with zero attached hydrogens (tertiary/aromatic N) is 2. The van der Waals surface area contributed by atoms with Crippen molar-refractivity contribution in [3.8, 4) is 11.8 Å². The van der Waals surface area contributed by atoms with E-state index in [-0.39, 0.29) is 0 Å². The van der Waals surface area contributed by atoms with E-state index in [0.29, 0.717) is 6.54 Å². The van der Waals surface area contributed by atoms with Crippen LogP contribution >= 0.6 is 0 Å². The number of ether oxygens (including phenoxy) is 1. The highest BCUT2D eigenvalue weighted by Gasteiger charge is 2.08. The van der Waals surface area contributed by atoms with E-state index < -0.39 is 5.91 Å². The third-order valence-electron chi connectivity index (χ3n) is 2.90. The number of carbonyl (C=O) groups excluding carboxylic acids is 1. The van der Waals surface area contributed by atoms with Gasteiger partial charge < -0.3 is 9.64 Å². The second-order valence-electron chi connectivity index (χ2n) is 4.09. The molecule has 0 aliphatic heterocycles. The highest BCUT2D eigenvalue weighted by molar-refractivity contribution is 5.90. The first-order valence-corrected chi connectivity index (χ1v) is 5.93. The Kier molecular flexibility index (Phi) is 5.19. The average Bonchev–Trinajstić information content (AvgIpc) is 2.43. The van der Waals surface area contributed by atoms with E-state index >= 15 is 0 Å². The summed E-state index contributed by atoms with van der Waals surface area (Å²) >= 11 is 0. The second-order valence-corrected chi connectivity index (χ2v) is 4.09. The van der Waals surface area contributed by atoms with Crippen molar-refractivity contribution in [1.29, 1.82) is 5.26 Å². The number of likely N-dealkylation sites (N-methyl/N-ethyl adjacent to an activating group) is 1. The quantitative estimate of drug-likeness (QED) is 0.744. The molecule has 4 nitrogen and oxygen atoms in total. The van der Waals surface area contributed by atoms with E-state index in [1.807, 2.05) is 12.1 Å². The van der Waals surface area contributed by atoms with Gasteiger partial charge in [0.1, 0.15) is 5.75 Å². The monoisotopic (exact) mass is 246 g/mol. The standard InChI is InChI=1S/C14H18N2O2/c1-4-12-9-11(5-6-13(12)18-3)7-8-16(2)14(17)10-15/h5-6,9H,4,7-8H2,1-3H3. The molecule has 0 aliphatic carbocycles. The Morgan fingerprint density at radius 2 is 2.22 bits per heavy atom. The number of aryl methyl sites for hydroxylation is 1. The van der Waals surface area contributed by atoms with Crippen LogP contribution in [0.4, 0.5) is 0 Å². The summed E-state index contributed by atoms with van der Waals surface area (Å²) in [6.45, 7) is 2.62. The minimum atomic E-state index is -0.501. The molecule has 0 radical (unpaired) electrons. The lowest BCUT2D eigenvalue weighted by molar-refractivity contribution is -0.124. The molecule has 0 aliphatic rings. The van der Waals surface area contributed by atoms with Crippen molar-refractivity contribution in [2.75, 3.05) is 20.7 Å². The van der Waals surface area contributed by atoms with Crippen LogP contribution in [0.15, 0.2) is 18.2 Å². The molecule has 1 aromatic rings. The highest BCUT2D eigenvalue weighted by Crippen LogP contribution is 2.20. The fourth-order valence-electron chi connectivity index (χ4n) is 1.75. The molecule has 0 N–H and O–H groups in total. The number of benzene rings is 1. The summed E-state index contributed by atoms with van der Waals surface area (Å²) in [5.74, 6) is 0.391. The van der Waals surface area contributed by atoms with Gasteiger partial charge in [-0.1, -0.05) is 19.1 Å². The van der Waals surface area contributed by atoms with Crippen LogP contribution in [0.5, 0.6) is 5.75 Å². The van der Waals surface area contributed by atoms with Crippen molar-refractivity contribution in [3.05, 3.63) is 29.3 Å². The minimum Gasteiger partial charge on any atom is -0.496 e. The summed E-state index contributed by atoms with van der Waals surface area (Å²) in [7, 11) is 3.29. The zero-order valence-corrected chi connectivity index (χ0v) is 11.1. The highest BCUT2D eigenvalue weighted by atomic mass is 16.5. The molecule has 0 unspecified atom stereocenters. The molecule has 1 amide bonds. The van der Waals surface area contributed by atoms with Crippen LogP contribution in [0.3, 0.4) is 0 Å². The zero-order valence-electron chi connectivity index (χ0n) is 11.1. The van der Waals surface area contributed by atoms with Crippen LogP contribution < -0.4 is 4.74 Å². The van der Waals surface area contributed by atoms with E-state index in [4.69, 9.17) is 10.00 Å². The Balaban J connectivity index is 2.69. The van der Waals surface area contributed by atoms with Gasteiger partial charge in [-0.25, -0.2) is 0 Å². The van der Waals surface area contributed by atoms with Crippen molar-refractivity contribution >= 4 is 5.91 Å². The number of methoxy groups -OCH3 is 1. The van der Waals surface area contributed by atoms with Crippen LogP contribution in [-0.2, 0) is 17.6 Å². The van der Waals surface area contributed by atoms with Crippen LogP contribution in [0.25, 0.3) is 0 Å². The lowest BCUT2D eigenvalue weighted by Gasteiger charge is -2.14. The first-order chi connectivity index (χ1) is 8.62. The molecule has 18 heavy (non-hydrogen) atoms. The number of carbonyl (C=O) groups is 1. The topological polar surface area (TPSA) is 53.3 Å². The fourth-order valence-corrected chi connectivity index (χ4v) is 1.75. The van der Waals surface area contributed by atoms with Gasteiger partial charge in [0.15, 0.2) is 6.07 Å². The third-order valence-corrected chi connectivity index (χ3v) is 2.90. The summed E-state index contributed by atoms with van der Waals surface area (Å²) in [5.41, 5.74) is 2.30. The molecule has 0 spiro atoms. The van der Waals surface area contributed by atoms with Gasteiger partial charge in [0.05, 0.1) is 7.11 Å². The third kappa shape index (κ3) is 3.49. The van der Waals surface area contributed by atoms with Crippen molar-refractivity contribution < 1.29 is 9.53 Å². The summed E-state index contributed by atoms with van der Waals surface area (Å²) in [4.78, 5) is 12.5. The smallest absolute Gasteiger partial charge is 0.324 e. The Morgan fingerprint density at radius 1 is 1.50 bits per heavy atom. The molecule has 1 rings (SSSR count). The molecule has 96 valence electrons. The Hall–Kier alpha value is -2.02. The van der Waals surface area contributed by atoms with Crippen molar-refractivity contribution in [2.45, 2.75) is 19.8 Å². The number of amides is 1. The molecular weight excluding hydrogens is 228 g/mol. The minimum absolute atomic E-state index is 0.501. The van der Waals surface area contributed by atoms with Crippen LogP contribution in [0, 0.1) is 11.3 Å². The Morgan fingerprint density at radius 3 is 2.78 bits per heavy atom. The fraction of sp³-hybridized carbons (Fsp3) is 0.429. The van der Waals surface area contributed by atoms with Gasteiger partial charge in [-0.3, -0.25) is 4.79 Å². The number of rotatable bonds is 5. The van der Waals surface area contributed by atoms with Crippen molar-refractivity contribution in [3.63, 3.8) is 0 Å². The molecule has 0 saturated carbocycles. The maximum absolute atomic E-state index is 11.1. The predicted octanol–water partition coefficient (Wildman–Crippen LogP) is 1.78. The SMILES string of the molecule is CCc1cc(CCN(C)C(=O)C#N)ccc1OC. The first-order valence-electron chi connectivity index (χ1n) is 5.93. The van der Waals surface area contributed by atoms with Crippen LogP contribution in [0.2, 0.25) is 0 Å². The molecule has 0 atom stereocenters. The maximum atomic E-state index is 11.1. The van der Waals surface area contributed by atoms with Gasteiger partial charge in [0.25, 0.3) is 0 Å². The maximum Gasteiger partial charge on any atom is 0.324 e. The first kappa shape index (κ1) is 14.0. The summed E-state index contributed by atoms with van der Waals surface area (Å²) in [6, 6.07) is 7.63. The van der Waals surface area contributed by atoms with Gasteiger partial charge in [0.2, 0.25) is 0 Å². The van der Waals surface area contributed by atoms with E-state index in [1.165, 1.54) is 4.90 Å². The van der Waals surface area contributed by atoms with Gasteiger partial charge >= 0.3 is 5.91 Å². The predicted molar refractivity (Wildman–Crippen MR) is 69.3 cm³/mol. The summed E-state index contributed by atoms with van der Waals surface area (Å²) in [6.07, 6.45) is 1.64. The molecule has 0 bridgehead atoms. The Labute approximate surface area is 108 Å². The lowest BCUT2D eigenvalue weighted by atomic mass is 10.1. The number of hydrogen-bond donors (Lipinski definition) is 0. The van der Waals surface area contributed by atoms with E-state index in [0.717, 1.165) is 29.7 Å². The molecule has 0 fully saturated rings. The molecule has 0 aromatic heterocycles. The molecular formula is C14H18N2O2. The van der Waals surface area contributed by atoms with Gasteiger partial charge in [-0.2, -0.15) is 5.26 Å². The van der Waals surface area contributed by atoms with Gasteiger partial charge in [-0.15, -0.1) is 0 Å². The van der Waals surface area contributed by atoms with E-state index in [9.17, 15) is 4.79 Å². The molecule has 4 heteroatoms. The number of hydrogen-bond acceptors (Lipinski definition) is 3. The lowest BCUT2D eigenvalue weighted by Crippen LogP contribution is -2.27. The summed E-state index contributed by atoms with van der Waals surface area (Å²) in [5, 5.41) is 8.50. The van der Waals surface area contributed by atoms with E-state index in [2.05, 4.69) is 13.0 Å². The largest absolute Gasteiger partial charge is 0.496 e. The molecule has 0 heterocycles. The van der Waals surface area contributed by atoms with Crippen molar-refractivity contribution in [1.82, 2.24) is 4.90 Å². The normalized spacial score (nSPS) is 9.67. The van der Waals surface area contributed by atoms with Crippen LogP contribution in [0.1, 0.15) is 18.1 Å². The van der Waals surface area contributed by atoms with Crippen LogP contribution in [-0.4, -0.2) is 31.5 Å². The van der Waals surface area contributed by atoms with Gasteiger partial charge in [-0.05, 0) is 30.0 Å². The van der Waals surface area contributed by atoms with Crippen molar-refractivity contribution in [2.24, 2.45) is 0 Å². The van der Waals surface area contributed by atoms with E-state index in [1.54, 1.807) is 20.2 Å². The Bertz CT molecular complexity index is 463. The summed E-state index contributed by atoms with van der Waals surface area (Å²) < 4.78 is 5.26. The second kappa shape index (κ2) is 6.65.